The van der Waals surface area contributed by atoms with Crippen LogP contribution in [0.2, 0.25) is 10.0 Å². The van der Waals surface area contributed by atoms with Crippen LogP contribution in [0.5, 0.6) is 0 Å². The van der Waals surface area contributed by atoms with Crippen molar-refractivity contribution >= 4 is 34.9 Å². The van der Waals surface area contributed by atoms with E-state index < -0.39 is 22.3 Å². The van der Waals surface area contributed by atoms with Gasteiger partial charge in [-0.15, -0.1) is 0 Å². The van der Waals surface area contributed by atoms with E-state index in [0.29, 0.717) is 15.6 Å². The summed E-state index contributed by atoms with van der Waals surface area (Å²) in [5, 5.41) is 23.9. The molecule has 9 heteroatoms. The molecule has 7 nitrogen and oxygen atoms in total. The number of nitro groups is 1. The van der Waals surface area contributed by atoms with Crippen molar-refractivity contribution in [3.05, 3.63) is 55.8 Å². The molecule has 0 aliphatic heterocycles. The van der Waals surface area contributed by atoms with E-state index >= 15 is 0 Å². The molecule has 0 amide bonds. The molecule has 0 saturated heterocycles. The van der Waals surface area contributed by atoms with Crippen LogP contribution in [0, 0.1) is 10.1 Å². The molecule has 1 aromatic heterocycles. The van der Waals surface area contributed by atoms with E-state index in [1.54, 1.807) is 18.2 Å². The predicted octanol–water partition coefficient (Wildman–Crippen LogP) is 2.84. The fraction of sp³-hybridized carbons (Fsp3) is 0.0909. The van der Waals surface area contributed by atoms with Gasteiger partial charge in [-0.2, -0.15) is 5.10 Å². The number of aromatic carboxylic acids is 1. The summed E-state index contributed by atoms with van der Waals surface area (Å²) in [6, 6.07) is 4.93. The van der Waals surface area contributed by atoms with Crippen LogP contribution >= 0.6 is 23.2 Å². The van der Waals surface area contributed by atoms with Crippen molar-refractivity contribution in [1.82, 2.24) is 9.78 Å². The number of carboxylic acids is 1. The number of hydrogen-bond donors (Lipinski definition) is 1. The van der Waals surface area contributed by atoms with E-state index in [-0.39, 0.29) is 6.54 Å². The summed E-state index contributed by atoms with van der Waals surface area (Å²) in [5.41, 5.74) is -0.614. The van der Waals surface area contributed by atoms with Crippen LogP contribution in [0.4, 0.5) is 5.69 Å². The average molecular weight is 316 g/mol. The highest BCUT2D eigenvalue weighted by Crippen LogP contribution is 2.26. The molecule has 0 aliphatic carbocycles. The van der Waals surface area contributed by atoms with Gasteiger partial charge in [0.15, 0.2) is 0 Å². The van der Waals surface area contributed by atoms with Crippen LogP contribution in [-0.2, 0) is 6.54 Å². The second-order valence-electron chi connectivity index (χ2n) is 3.84. The SMILES string of the molecule is O=C(O)c1nn(Cc2cccc(Cl)c2Cl)cc1[N+](=O)[O-]. The molecule has 1 heterocycles. The van der Waals surface area contributed by atoms with Crippen molar-refractivity contribution < 1.29 is 14.8 Å². The molecule has 20 heavy (non-hydrogen) atoms. The number of aromatic nitrogens is 2. The zero-order chi connectivity index (χ0) is 14.9. The second-order valence-corrected chi connectivity index (χ2v) is 4.62. The molecule has 0 fully saturated rings. The summed E-state index contributed by atoms with van der Waals surface area (Å²) in [6.45, 7) is 0.0769. The number of halogens is 2. The minimum Gasteiger partial charge on any atom is -0.476 e. The summed E-state index contributed by atoms with van der Waals surface area (Å²) in [4.78, 5) is 20.8. The van der Waals surface area contributed by atoms with Crippen LogP contribution in [0.3, 0.4) is 0 Å². The maximum atomic E-state index is 10.9. The van der Waals surface area contributed by atoms with Crippen LogP contribution in [0.15, 0.2) is 24.4 Å². The highest BCUT2D eigenvalue weighted by molar-refractivity contribution is 6.42. The number of hydrogen-bond acceptors (Lipinski definition) is 4. The predicted molar refractivity (Wildman–Crippen MR) is 71.4 cm³/mol. The number of benzene rings is 1. The van der Waals surface area contributed by atoms with Gasteiger partial charge < -0.3 is 5.11 Å². The molecule has 0 unspecified atom stereocenters. The number of carbonyl (C=O) groups is 1. The average Bonchev–Trinajstić information content (AvgIpc) is 2.79. The summed E-state index contributed by atoms with van der Waals surface area (Å²) in [5.74, 6) is -1.47. The Kier molecular flexibility index (Phi) is 3.91. The van der Waals surface area contributed by atoms with Crippen LogP contribution in [0.1, 0.15) is 16.1 Å². The first-order chi connectivity index (χ1) is 9.40. The van der Waals surface area contributed by atoms with E-state index in [1.807, 2.05) is 0 Å². The van der Waals surface area contributed by atoms with Gasteiger partial charge in [0.25, 0.3) is 0 Å². The number of nitrogens with zero attached hydrogens (tertiary/aromatic N) is 3. The van der Waals surface area contributed by atoms with Gasteiger partial charge in [-0.05, 0) is 11.6 Å². The lowest BCUT2D eigenvalue weighted by Crippen LogP contribution is -2.05. The molecule has 1 N–H and O–H groups in total. The lowest BCUT2D eigenvalue weighted by molar-refractivity contribution is -0.385. The van der Waals surface area contributed by atoms with Crippen molar-refractivity contribution in [2.75, 3.05) is 0 Å². The Bertz CT molecular complexity index is 667. The Morgan fingerprint density at radius 2 is 2.15 bits per heavy atom. The molecular formula is C11H7Cl2N3O4. The van der Waals surface area contributed by atoms with E-state index in [4.69, 9.17) is 28.3 Å². The van der Waals surface area contributed by atoms with Gasteiger partial charge in [0.05, 0.1) is 21.5 Å². The fourth-order valence-corrected chi connectivity index (χ4v) is 2.00. The van der Waals surface area contributed by atoms with E-state index in [1.165, 1.54) is 0 Å². The Morgan fingerprint density at radius 1 is 1.45 bits per heavy atom. The minimum atomic E-state index is -1.47. The summed E-state index contributed by atoms with van der Waals surface area (Å²) in [7, 11) is 0. The lowest BCUT2D eigenvalue weighted by Gasteiger charge is -2.05. The minimum absolute atomic E-state index is 0.0769. The zero-order valence-corrected chi connectivity index (χ0v) is 11.3. The molecule has 2 rings (SSSR count). The molecule has 1 aromatic carbocycles. The standard InChI is InChI=1S/C11H7Cl2N3O4/c12-7-3-1-2-6(9(7)13)4-15-5-8(16(19)20)10(14-15)11(17)18/h1-3,5H,4H2,(H,17,18). The smallest absolute Gasteiger partial charge is 0.363 e. The number of carboxylic acid groups (broad SMARTS) is 1. The molecule has 0 aliphatic rings. The maximum Gasteiger partial charge on any atom is 0.363 e. The fourth-order valence-electron chi connectivity index (χ4n) is 1.62. The molecule has 0 atom stereocenters. The second kappa shape index (κ2) is 5.48. The quantitative estimate of drug-likeness (QED) is 0.691. The molecule has 0 saturated carbocycles. The summed E-state index contributed by atoms with van der Waals surface area (Å²) in [6.07, 6.45) is 1.04. The Labute approximate surface area is 122 Å². The molecule has 0 bridgehead atoms. The molecule has 2 aromatic rings. The molecule has 0 spiro atoms. The van der Waals surface area contributed by atoms with Gasteiger partial charge in [0, 0.05) is 0 Å². The van der Waals surface area contributed by atoms with Crippen LogP contribution in [-0.4, -0.2) is 25.8 Å². The van der Waals surface area contributed by atoms with Gasteiger partial charge in [0.1, 0.15) is 6.20 Å². The highest BCUT2D eigenvalue weighted by Gasteiger charge is 2.25. The van der Waals surface area contributed by atoms with E-state index in [0.717, 1.165) is 10.9 Å². The first kappa shape index (κ1) is 14.3. The largest absolute Gasteiger partial charge is 0.476 e. The third-order valence-electron chi connectivity index (χ3n) is 2.51. The monoisotopic (exact) mass is 315 g/mol. The van der Waals surface area contributed by atoms with Crippen molar-refractivity contribution in [3.8, 4) is 0 Å². The van der Waals surface area contributed by atoms with Crippen molar-refractivity contribution in [2.24, 2.45) is 0 Å². The number of rotatable bonds is 4. The lowest BCUT2D eigenvalue weighted by atomic mass is 10.2. The molecular weight excluding hydrogens is 309 g/mol. The Hall–Kier alpha value is -2.12. The first-order valence-electron chi connectivity index (χ1n) is 5.28. The molecule has 0 radical (unpaired) electrons. The van der Waals surface area contributed by atoms with E-state index in [2.05, 4.69) is 5.10 Å². The van der Waals surface area contributed by atoms with Crippen molar-refractivity contribution in [2.45, 2.75) is 6.54 Å². The van der Waals surface area contributed by atoms with Gasteiger partial charge in [-0.1, -0.05) is 35.3 Å². The van der Waals surface area contributed by atoms with Gasteiger partial charge in [0.2, 0.25) is 5.69 Å². The normalized spacial score (nSPS) is 10.5. The summed E-state index contributed by atoms with van der Waals surface area (Å²) < 4.78 is 1.14. The van der Waals surface area contributed by atoms with Gasteiger partial charge in [-0.25, -0.2) is 4.79 Å². The maximum absolute atomic E-state index is 10.9. The topological polar surface area (TPSA) is 98.3 Å². The molecule has 104 valence electrons. The van der Waals surface area contributed by atoms with Crippen LogP contribution in [0.25, 0.3) is 0 Å². The van der Waals surface area contributed by atoms with E-state index in [9.17, 15) is 14.9 Å². The van der Waals surface area contributed by atoms with Crippen molar-refractivity contribution in [1.29, 1.82) is 0 Å². The van der Waals surface area contributed by atoms with Gasteiger partial charge in [-0.3, -0.25) is 14.8 Å². The summed E-state index contributed by atoms with van der Waals surface area (Å²) >= 11 is 11.8. The van der Waals surface area contributed by atoms with Gasteiger partial charge >= 0.3 is 11.7 Å². The highest BCUT2D eigenvalue weighted by atomic mass is 35.5. The third-order valence-corrected chi connectivity index (χ3v) is 3.36. The first-order valence-corrected chi connectivity index (χ1v) is 6.03. The van der Waals surface area contributed by atoms with Crippen molar-refractivity contribution in [3.63, 3.8) is 0 Å². The Morgan fingerprint density at radius 3 is 2.70 bits per heavy atom. The van der Waals surface area contributed by atoms with Crippen LogP contribution < -0.4 is 0 Å². The Balaban J connectivity index is 2.40. The third kappa shape index (κ3) is 2.73. The zero-order valence-electron chi connectivity index (χ0n) is 9.79.